The van der Waals surface area contributed by atoms with Crippen LogP contribution in [0.15, 0.2) is 108 Å². The molecular weight excluding hydrogens is 745 g/mol. The van der Waals surface area contributed by atoms with Gasteiger partial charge >= 0.3 is 5.97 Å². The molecule has 1 spiro atoms. The minimum Gasteiger partial charge on any atom is -0.508 e. The smallest absolute Gasteiger partial charge is 0.340 e. The van der Waals surface area contributed by atoms with Crippen molar-refractivity contribution in [3.05, 3.63) is 147 Å². The van der Waals surface area contributed by atoms with Crippen molar-refractivity contribution in [2.45, 2.75) is 5.60 Å². The van der Waals surface area contributed by atoms with Gasteiger partial charge in [0, 0.05) is 63.7 Å². The van der Waals surface area contributed by atoms with Gasteiger partial charge in [-0.1, -0.05) is 48.0 Å². The van der Waals surface area contributed by atoms with Crippen molar-refractivity contribution in [1.82, 2.24) is 15.0 Å². The van der Waals surface area contributed by atoms with E-state index in [4.69, 9.17) is 32.7 Å². The highest BCUT2D eigenvalue weighted by Gasteiger charge is 2.53. The predicted molar refractivity (Wildman–Crippen MR) is 205 cm³/mol. The van der Waals surface area contributed by atoms with E-state index in [2.05, 4.69) is 30.6 Å². The van der Waals surface area contributed by atoms with Crippen molar-refractivity contribution in [3.63, 3.8) is 0 Å². The normalized spacial score (nSPS) is 14.8. The molecule has 6 aromatic rings. The second-order valence-electron chi connectivity index (χ2n) is 12.8. The van der Waals surface area contributed by atoms with Crippen molar-refractivity contribution in [3.8, 4) is 23.0 Å². The van der Waals surface area contributed by atoms with E-state index in [0.29, 0.717) is 38.8 Å². The van der Waals surface area contributed by atoms with Crippen LogP contribution in [0.5, 0.6) is 23.0 Å². The van der Waals surface area contributed by atoms with Gasteiger partial charge in [-0.3, -0.25) is 9.79 Å². The number of nitrogens with one attached hydrogen (secondary N) is 2. The molecule has 272 valence electrons. The molecule has 3 aliphatic heterocycles. The fourth-order valence-corrected chi connectivity index (χ4v) is 7.48. The van der Waals surface area contributed by atoms with E-state index in [1.807, 2.05) is 42.5 Å². The number of fused-ring (bicyclic) bond motifs is 7. The first-order chi connectivity index (χ1) is 26.7. The zero-order valence-corrected chi connectivity index (χ0v) is 30.0. The molecule has 0 saturated heterocycles. The second kappa shape index (κ2) is 13.3. The summed E-state index contributed by atoms with van der Waals surface area (Å²) in [5, 5.41) is 27.1. The lowest BCUT2D eigenvalue weighted by atomic mass is 9.77. The summed E-state index contributed by atoms with van der Waals surface area (Å²) >= 11 is 12.7. The Morgan fingerprint density at radius 3 is 2.22 bits per heavy atom. The summed E-state index contributed by atoms with van der Waals surface area (Å²) in [6.07, 6.45) is 0. The number of carbonyl (C=O) groups is 2. The SMILES string of the molecule is O=C1OC2(c3ccc(O)cc3Oc3cc(O)ccc32)c2ccc(Nc3nc(Cl)nc(NCCN4C(=O)CN=C(c5ccccc5)c5cc(Cl)ccc54)n3)cc21. The Bertz CT molecular complexity index is 2550. The molecule has 1 aromatic heterocycles. The van der Waals surface area contributed by atoms with Gasteiger partial charge in [0.2, 0.25) is 23.1 Å². The van der Waals surface area contributed by atoms with Crippen LogP contribution in [0.3, 0.4) is 0 Å². The first kappa shape index (κ1) is 34.1. The summed E-state index contributed by atoms with van der Waals surface area (Å²) in [5.41, 5.74) is 3.86. The van der Waals surface area contributed by atoms with E-state index >= 15 is 0 Å². The lowest BCUT2D eigenvalue weighted by Crippen LogP contribution is -2.36. The summed E-state index contributed by atoms with van der Waals surface area (Å²) in [6.45, 7) is 0.461. The lowest BCUT2D eigenvalue weighted by molar-refractivity contribution is -0.117. The molecule has 3 aliphatic rings. The largest absolute Gasteiger partial charge is 0.508 e. The highest BCUT2D eigenvalue weighted by Crippen LogP contribution is 2.57. The number of hydrogen-bond donors (Lipinski definition) is 4. The molecule has 0 aliphatic carbocycles. The molecule has 4 heterocycles. The first-order valence-electron chi connectivity index (χ1n) is 17.0. The highest BCUT2D eigenvalue weighted by molar-refractivity contribution is 6.32. The number of amides is 1. The minimum absolute atomic E-state index is 0.0374. The first-order valence-corrected chi connectivity index (χ1v) is 17.8. The van der Waals surface area contributed by atoms with Crippen molar-refractivity contribution in [1.29, 1.82) is 0 Å². The Hall–Kier alpha value is -6.70. The van der Waals surface area contributed by atoms with Crippen LogP contribution < -0.4 is 20.3 Å². The summed E-state index contributed by atoms with van der Waals surface area (Å²) in [7, 11) is 0. The monoisotopic (exact) mass is 771 g/mol. The number of benzodiazepines with no additional fused rings is 1. The number of phenols is 2. The average molecular weight is 773 g/mol. The van der Waals surface area contributed by atoms with Gasteiger partial charge in [0.25, 0.3) is 0 Å². The van der Waals surface area contributed by atoms with Crippen LogP contribution in [0.1, 0.15) is 38.2 Å². The Labute approximate surface area is 322 Å². The number of nitrogens with zero attached hydrogens (tertiary/aromatic N) is 5. The molecule has 0 unspecified atom stereocenters. The number of halogens is 2. The molecule has 0 atom stereocenters. The fraction of sp³-hybridized carbons (Fsp3) is 0.100. The van der Waals surface area contributed by atoms with E-state index in [-0.39, 0.29) is 71.3 Å². The maximum atomic E-state index is 13.6. The molecule has 9 rings (SSSR count). The Balaban J connectivity index is 0.960. The van der Waals surface area contributed by atoms with Crippen molar-refractivity contribution < 1.29 is 29.3 Å². The van der Waals surface area contributed by atoms with Gasteiger partial charge in [0.05, 0.1) is 17.0 Å². The van der Waals surface area contributed by atoms with Crippen molar-refractivity contribution in [2.24, 2.45) is 4.99 Å². The fourth-order valence-electron chi connectivity index (χ4n) is 7.15. The van der Waals surface area contributed by atoms with E-state index in [1.54, 1.807) is 41.3 Å². The molecule has 1 amide bonds. The van der Waals surface area contributed by atoms with Crippen LogP contribution in [0.2, 0.25) is 10.3 Å². The molecule has 0 bridgehead atoms. The molecule has 15 heteroatoms. The van der Waals surface area contributed by atoms with E-state index in [0.717, 1.165) is 11.1 Å². The lowest BCUT2D eigenvalue weighted by Gasteiger charge is -2.36. The topological polar surface area (TPSA) is 171 Å². The minimum atomic E-state index is -1.40. The Kier molecular flexibility index (Phi) is 8.25. The number of carbonyl (C=O) groups excluding carboxylic acids is 2. The number of ether oxygens (including phenoxy) is 2. The maximum Gasteiger partial charge on any atom is 0.340 e. The summed E-state index contributed by atoms with van der Waals surface area (Å²) in [6, 6.07) is 29.2. The molecule has 4 N–H and O–H groups in total. The molecule has 0 saturated carbocycles. The van der Waals surface area contributed by atoms with Crippen LogP contribution in [0.4, 0.5) is 23.3 Å². The van der Waals surface area contributed by atoms with E-state index < -0.39 is 11.6 Å². The number of aliphatic imine (C=N–C) groups is 1. The van der Waals surface area contributed by atoms with Gasteiger partial charge in [0.1, 0.15) is 29.5 Å². The van der Waals surface area contributed by atoms with Crippen LogP contribution in [0, 0.1) is 0 Å². The summed E-state index contributed by atoms with van der Waals surface area (Å²) in [5.74, 6) is -0.0446. The Morgan fingerprint density at radius 1 is 0.764 bits per heavy atom. The highest BCUT2D eigenvalue weighted by atomic mass is 35.5. The van der Waals surface area contributed by atoms with Gasteiger partial charge < -0.3 is 35.2 Å². The zero-order chi connectivity index (χ0) is 37.8. The average Bonchev–Trinajstić information content (AvgIpc) is 3.36. The molecular formula is C40H27Cl2N7O6. The van der Waals surface area contributed by atoms with Crippen LogP contribution in [-0.2, 0) is 15.1 Å². The number of phenolic OH excluding ortho intramolecular Hbond substituents is 2. The van der Waals surface area contributed by atoms with Crippen molar-refractivity contribution in [2.75, 3.05) is 35.2 Å². The number of esters is 1. The number of benzene rings is 5. The number of rotatable bonds is 7. The van der Waals surface area contributed by atoms with Gasteiger partial charge in [-0.25, -0.2) is 4.79 Å². The second-order valence-corrected chi connectivity index (χ2v) is 13.6. The third-order valence-electron chi connectivity index (χ3n) is 9.48. The number of aromatic nitrogens is 3. The quantitative estimate of drug-likeness (QED) is 0.121. The third-order valence-corrected chi connectivity index (χ3v) is 9.89. The number of hydrogen-bond acceptors (Lipinski definition) is 12. The van der Waals surface area contributed by atoms with E-state index in [9.17, 15) is 19.8 Å². The van der Waals surface area contributed by atoms with Crippen LogP contribution in [-0.4, -0.2) is 62.4 Å². The van der Waals surface area contributed by atoms with Crippen LogP contribution in [0.25, 0.3) is 0 Å². The summed E-state index contributed by atoms with van der Waals surface area (Å²) < 4.78 is 12.2. The molecule has 13 nitrogen and oxygen atoms in total. The zero-order valence-electron chi connectivity index (χ0n) is 28.5. The van der Waals surface area contributed by atoms with Gasteiger partial charge in [-0.2, -0.15) is 15.0 Å². The van der Waals surface area contributed by atoms with Gasteiger partial charge in [0.15, 0.2) is 5.60 Å². The third kappa shape index (κ3) is 5.99. The van der Waals surface area contributed by atoms with Crippen molar-refractivity contribution >= 4 is 64.1 Å². The van der Waals surface area contributed by atoms with Gasteiger partial charge in [-0.05, 0) is 66.2 Å². The van der Waals surface area contributed by atoms with Gasteiger partial charge in [-0.15, -0.1) is 0 Å². The summed E-state index contributed by atoms with van der Waals surface area (Å²) in [4.78, 5) is 46.2. The standard InChI is InChI=1S/C40H27Cl2N7O6/c41-22-6-13-31-27(16-22)35(21-4-2-1-3-5-21)44-20-34(52)49(31)15-14-43-38-46-37(42)47-39(48-38)45-23-7-10-28-26(17-23)36(53)55-40(28)29-11-8-24(50)18-32(29)54-33-19-25(51)9-12-30(33)40/h1-13,16-19,50-51H,14-15,20H2,(H2,43,45,46,47,48). The maximum absolute atomic E-state index is 13.6. The molecule has 0 fully saturated rings. The number of aromatic hydroxyl groups is 2. The van der Waals surface area contributed by atoms with E-state index in [1.165, 1.54) is 24.3 Å². The number of anilines is 4. The van der Waals surface area contributed by atoms with Crippen LogP contribution >= 0.6 is 23.2 Å². The molecule has 0 radical (unpaired) electrons. The predicted octanol–water partition coefficient (Wildman–Crippen LogP) is 7.20. The Morgan fingerprint density at radius 2 is 1.47 bits per heavy atom. The molecule has 55 heavy (non-hydrogen) atoms. The molecule has 5 aromatic carbocycles.